The lowest BCUT2D eigenvalue weighted by molar-refractivity contribution is -0.345. The SMILES string of the molecule is C[C@H]1O[C@H](OC[C@H]2O[C@@H](OC3CC4C(O)CC(O)CC4OC3C3CCC(O)C(O)C3)[C@H](O)[C@@H](O)[C@@H]2O)[C@@H](O)[C@@H](O)[C@@H]1O. The largest absolute Gasteiger partial charge is 0.393 e. The van der Waals surface area contributed by atoms with Crippen molar-refractivity contribution in [3.8, 4) is 0 Å². The van der Waals surface area contributed by atoms with Crippen molar-refractivity contribution in [1.82, 2.24) is 0 Å². The lowest BCUT2D eigenvalue weighted by Crippen LogP contribution is -2.63. The Hall–Kier alpha value is -0.600. The first kappa shape index (κ1) is 32.8. The van der Waals surface area contributed by atoms with Crippen molar-refractivity contribution in [3.63, 3.8) is 0 Å². The van der Waals surface area contributed by atoms with Gasteiger partial charge in [-0.15, -0.1) is 0 Å². The van der Waals surface area contributed by atoms with Crippen LogP contribution in [0.2, 0.25) is 0 Å². The van der Waals surface area contributed by atoms with Crippen molar-refractivity contribution < 1.29 is 74.7 Å². The van der Waals surface area contributed by atoms with E-state index < -0.39 is 117 Å². The number of hydrogen-bond donors (Lipinski definition) is 10. The molecule has 0 amide bonds. The third-order valence-corrected chi connectivity index (χ3v) is 9.69. The van der Waals surface area contributed by atoms with Crippen LogP contribution in [-0.2, 0) is 23.7 Å². The van der Waals surface area contributed by atoms with Gasteiger partial charge < -0.3 is 74.7 Å². The summed E-state index contributed by atoms with van der Waals surface area (Å²) < 4.78 is 29.4. The fourth-order valence-corrected chi connectivity index (χ4v) is 7.09. The smallest absolute Gasteiger partial charge is 0.187 e. The van der Waals surface area contributed by atoms with E-state index in [0.717, 1.165) is 0 Å². The molecule has 5 aliphatic rings. The van der Waals surface area contributed by atoms with Gasteiger partial charge in [-0.25, -0.2) is 0 Å². The molecule has 244 valence electrons. The molecular weight excluding hydrogens is 564 g/mol. The topological polar surface area (TPSA) is 248 Å². The number of aliphatic hydroxyl groups is 10. The summed E-state index contributed by atoms with van der Waals surface area (Å²) >= 11 is 0. The molecule has 5 fully saturated rings. The molecule has 2 aliphatic carbocycles. The Morgan fingerprint density at radius 3 is 2.02 bits per heavy atom. The molecule has 42 heavy (non-hydrogen) atoms. The van der Waals surface area contributed by atoms with Crippen molar-refractivity contribution in [3.05, 3.63) is 0 Å². The van der Waals surface area contributed by atoms with Crippen LogP contribution in [0.15, 0.2) is 0 Å². The predicted molar refractivity (Wildman–Crippen MR) is 137 cm³/mol. The van der Waals surface area contributed by atoms with Gasteiger partial charge in [0, 0.05) is 5.92 Å². The highest BCUT2D eigenvalue weighted by Gasteiger charge is 2.52. The van der Waals surface area contributed by atoms with Gasteiger partial charge in [0.1, 0.15) is 42.7 Å². The third kappa shape index (κ3) is 6.66. The molecule has 0 aromatic rings. The van der Waals surface area contributed by atoms with Crippen LogP contribution in [0.4, 0.5) is 0 Å². The van der Waals surface area contributed by atoms with E-state index in [2.05, 4.69) is 0 Å². The molecule has 5 rings (SSSR count). The molecular formula is C27H46O15. The molecule has 15 nitrogen and oxygen atoms in total. The molecule has 0 aromatic carbocycles. The molecule has 3 heterocycles. The van der Waals surface area contributed by atoms with Crippen LogP contribution in [0.3, 0.4) is 0 Å². The Labute approximate surface area is 243 Å². The quantitative estimate of drug-likeness (QED) is 0.137. The maximum absolute atomic E-state index is 10.8. The maximum Gasteiger partial charge on any atom is 0.187 e. The summed E-state index contributed by atoms with van der Waals surface area (Å²) in [7, 11) is 0. The van der Waals surface area contributed by atoms with Gasteiger partial charge in [0.15, 0.2) is 12.6 Å². The molecule has 0 bridgehead atoms. The van der Waals surface area contributed by atoms with Gasteiger partial charge in [-0.05, 0) is 51.4 Å². The second-order valence-corrected chi connectivity index (χ2v) is 12.6. The summed E-state index contributed by atoms with van der Waals surface area (Å²) in [5.74, 6) is -0.646. The van der Waals surface area contributed by atoms with Crippen LogP contribution < -0.4 is 0 Å². The first-order chi connectivity index (χ1) is 19.8. The van der Waals surface area contributed by atoms with E-state index >= 15 is 0 Å². The van der Waals surface area contributed by atoms with Crippen LogP contribution in [0, 0.1) is 11.8 Å². The predicted octanol–water partition coefficient (Wildman–Crippen LogP) is -4.17. The van der Waals surface area contributed by atoms with Gasteiger partial charge in [0.2, 0.25) is 0 Å². The van der Waals surface area contributed by atoms with Crippen LogP contribution in [-0.4, -0.2) is 162 Å². The average molecular weight is 611 g/mol. The highest BCUT2D eigenvalue weighted by atomic mass is 16.7. The summed E-state index contributed by atoms with van der Waals surface area (Å²) in [5, 5.41) is 104. The number of fused-ring (bicyclic) bond motifs is 1. The van der Waals surface area contributed by atoms with E-state index in [1.54, 1.807) is 0 Å². The minimum Gasteiger partial charge on any atom is -0.393 e. The first-order valence-electron chi connectivity index (χ1n) is 14.9. The summed E-state index contributed by atoms with van der Waals surface area (Å²) in [6.07, 6.45) is -18.0. The average Bonchev–Trinajstić information content (AvgIpc) is 2.95. The van der Waals surface area contributed by atoms with E-state index in [0.29, 0.717) is 19.3 Å². The molecule has 3 saturated heterocycles. The summed E-state index contributed by atoms with van der Waals surface area (Å²) in [4.78, 5) is 0. The van der Waals surface area contributed by atoms with Crippen molar-refractivity contribution in [2.75, 3.05) is 6.61 Å². The van der Waals surface area contributed by atoms with Crippen molar-refractivity contribution in [2.24, 2.45) is 11.8 Å². The van der Waals surface area contributed by atoms with Gasteiger partial charge in [0.05, 0.1) is 55.4 Å². The number of ether oxygens (including phenoxy) is 5. The van der Waals surface area contributed by atoms with Crippen LogP contribution in [0.5, 0.6) is 0 Å². The normalized spacial score (nSPS) is 55.6. The second-order valence-electron chi connectivity index (χ2n) is 12.6. The molecule has 0 spiro atoms. The van der Waals surface area contributed by atoms with Crippen LogP contribution >= 0.6 is 0 Å². The van der Waals surface area contributed by atoms with Gasteiger partial charge in [-0.3, -0.25) is 0 Å². The van der Waals surface area contributed by atoms with Gasteiger partial charge in [-0.2, -0.15) is 0 Å². The molecule has 19 atom stereocenters. The minimum atomic E-state index is -1.71. The van der Waals surface area contributed by atoms with Gasteiger partial charge in [-0.1, -0.05) is 0 Å². The van der Waals surface area contributed by atoms with Crippen LogP contribution in [0.1, 0.15) is 45.4 Å². The van der Waals surface area contributed by atoms with E-state index in [1.165, 1.54) is 6.92 Å². The van der Waals surface area contributed by atoms with Gasteiger partial charge >= 0.3 is 0 Å². The highest BCUT2D eigenvalue weighted by Crippen LogP contribution is 2.43. The second kappa shape index (κ2) is 13.4. The Bertz CT molecular complexity index is 882. The summed E-state index contributed by atoms with van der Waals surface area (Å²) in [6.45, 7) is 1.04. The minimum absolute atomic E-state index is 0.169. The first-order valence-corrected chi connectivity index (χ1v) is 14.9. The van der Waals surface area contributed by atoms with Crippen molar-refractivity contribution in [1.29, 1.82) is 0 Å². The zero-order chi connectivity index (χ0) is 30.5. The molecule has 3 aliphatic heterocycles. The van der Waals surface area contributed by atoms with Crippen molar-refractivity contribution in [2.45, 2.75) is 150 Å². The Kier molecular flexibility index (Phi) is 10.5. The fraction of sp³-hybridized carbons (Fsp3) is 1.00. The zero-order valence-electron chi connectivity index (χ0n) is 23.4. The van der Waals surface area contributed by atoms with Gasteiger partial charge in [0.25, 0.3) is 0 Å². The highest BCUT2D eigenvalue weighted by molar-refractivity contribution is 4.99. The van der Waals surface area contributed by atoms with E-state index in [9.17, 15) is 51.1 Å². The molecule has 10 N–H and O–H groups in total. The molecule has 0 aromatic heterocycles. The summed E-state index contributed by atoms with van der Waals surface area (Å²) in [5.41, 5.74) is 0. The monoisotopic (exact) mass is 610 g/mol. The zero-order valence-corrected chi connectivity index (χ0v) is 23.4. The lowest BCUT2D eigenvalue weighted by atomic mass is 9.72. The molecule has 0 radical (unpaired) electrons. The Morgan fingerprint density at radius 2 is 1.31 bits per heavy atom. The maximum atomic E-state index is 10.8. The number of rotatable bonds is 6. The Morgan fingerprint density at radius 1 is 0.619 bits per heavy atom. The van der Waals surface area contributed by atoms with Crippen molar-refractivity contribution >= 4 is 0 Å². The molecule has 9 unspecified atom stereocenters. The third-order valence-electron chi connectivity index (χ3n) is 9.69. The number of hydrogen-bond acceptors (Lipinski definition) is 15. The lowest BCUT2D eigenvalue weighted by Gasteiger charge is -2.51. The Balaban J connectivity index is 1.29. The van der Waals surface area contributed by atoms with Crippen LogP contribution in [0.25, 0.3) is 0 Å². The number of aliphatic hydroxyl groups excluding tert-OH is 10. The summed E-state index contributed by atoms with van der Waals surface area (Å²) in [6, 6.07) is 0. The standard InChI is InChI=1S/C27H46O15/c1-9-19(32)21(34)23(36)26(39-9)38-8-18-20(33)22(35)24(37)27(42-18)41-17-7-12-14(30)5-11(28)6-16(12)40-25(17)10-2-3-13(29)15(31)4-10/h9-37H,2-8H2,1H3/t9-,10?,11?,12?,13?,14?,15?,16?,17?,18-,19-,20-,21+,22+,23+,24-,25?,26+,27-/m1/s1. The van der Waals surface area contributed by atoms with E-state index in [1.807, 2.05) is 0 Å². The molecule has 15 heteroatoms. The fourth-order valence-electron chi connectivity index (χ4n) is 7.09. The molecule has 2 saturated carbocycles. The van der Waals surface area contributed by atoms with E-state index in [4.69, 9.17) is 23.7 Å². The van der Waals surface area contributed by atoms with E-state index in [-0.39, 0.29) is 25.2 Å².